The number of H-pyrrole nitrogens is 1. The van der Waals surface area contributed by atoms with Gasteiger partial charge in [-0.1, -0.05) is 0 Å². The Kier molecular flexibility index (Phi) is 2.13. The van der Waals surface area contributed by atoms with E-state index in [0.29, 0.717) is 6.04 Å². The highest BCUT2D eigenvalue weighted by atomic mass is 15.1. The Balaban J connectivity index is 1.95. The summed E-state index contributed by atoms with van der Waals surface area (Å²) in [6, 6.07) is 4.64. The summed E-state index contributed by atoms with van der Waals surface area (Å²) in [4.78, 5) is 11.9. The number of aromatic nitrogens is 3. The second kappa shape index (κ2) is 3.63. The van der Waals surface area contributed by atoms with Crippen molar-refractivity contribution in [3.63, 3.8) is 0 Å². The van der Waals surface area contributed by atoms with Gasteiger partial charge in [0.1, 0.15) is 11.6 Å². The van der Waals surface area contributed by atoms with Gasteiger partial charge >= 0.3 is 0 Å². The van der Waals surface area contributed by atoms with Gasteiger partial charge in [0.25, 0.3) is 0 Å². The van der Waals surface area contributed by atoms with Gasteiger partial charge in [-0.15, -0.1) is 0 Å². The number of hydrogen-bond donors (Lipinski definition) is 2. The standard InChI is InChI=1S/C12H14N4/c1-8-14-11(9-4-5-13-7-9)6-12(15-8)16-10-2-3-10/h4-7,10,13H,2-3H2,1H3,(H,14,15,16). The summed E-state index contributed by atoms with van der Waals surface area (Å²) in [6.07, 6.45) is 6.36. The molecular weight excluding hydrogens is 200 g/mol. The average Bonchev–Trinajstić information content (AvgIpc) is 2.90. The number of aromatic amines is 1. The van der Waals surface area contributed by atoms with Gasteiger partial charge in [0.05, 0.1) is 5.69 Å². The molecule has 0 aliphatic heterocycles. The van der Waals surface area contributed by atoms with Gasteiger partial charge in [0.2, 0.25) is 0 Å². The molecule has 2 aromatic heterocycles. The maximum Gasteiger partial charge on any atom is 0.130 e. The van der Waals surface area contributed by atoms with Crippen LogP contribution in [0.1, 0.15) is 18.7 Å². The first-order chi connectivity index (χ1) is 7.81. The van der Waals surface area contributed by atoms with E-state index in [4.69, 9.17) is 0 Å². The summed E-state index contributed by atoms with van der Waals surface area (Å²) < 4.78 is 0. The van der Waals surface area contributed by atoms with Crippen LogP contribution in [0.15, 0.2) is 24.5 Å². The number of hydrogen-bond acceptors (Lipinski definition) is 3. The van der Waals surface area contributed by atoms with Crippen molar-refractivity contribution < 1.29 is 0 Å². The second-order valence-electron chi connectivity index (χ2n) is 4.20. The minimum atomic E-state index is 0.619. The lowest BCUT2D eigenvalue weighted by molar-refractivity contribution is 1.03. The van der Waals surface area contributed by atoms with E-state index in [1.807, 2.05) is 31.5 Å². The Morgan fingerprint density at radius 2 is 2.25 bits per heavy atom. The first-order valence-electron chi connectivity index (χ1n) is 5.56. The van der Waals surface area contributed by atoms with E-state index in [1.165, 1.54) is 12.8 Å². The van der Waals surface area contributed by atoms with Crippen molar-refractivity contribution >= 4 is 5.82 Å². The average molecular weight is 214 g/mol. The molecule has 4 heteroatoms. The van der Waals surface area contributed by atoms with Crippen molar-refractivity contribution in [3.8, 4) is 11.3 Å². The molecule has 2 N–H and O–H groups in total. The fourth-order valence-electron chi connectivity index (χ4n) is 1.71. The fourth-order valence-corrected chi connectivity index (χ4v) is 1.71. The first kappa shape index (κ1) is 9.39. The van der Waals surface area contributed by atoms with Gasteiger partial charge in [-0.3, -0.25) is 0 Å². The number of nitrogens with zero attached hydrogens (tertiary/aromatic N) is 2. The molecule has 0 spiro atoms. The van der Waals surface area contributed by atoms with E-state index >= 15 is 0 Å². The van der Waals surface area contributed by atoms with Crippen LogP contribution in [0.5, 0.6) is 0 Å². The smallest absolute Gasteiger partial charge is 0.130 e. The summed E-state index contributed by atoms with van der Waals surface area (Å²) >= 11 is 0. The van der Waals surface area contributed by atoms with E-state index in [-0.39, 0.29) is 0 Å². The number of aryl methyl sites for hydroxylation is 1. The Labute approximate surface area is 94.1 Å². The molecule has 82 valence electrons. The van der Waals surface area contributed by atoms with Crippen molar-refractivity contribution in [2.24, 2.45) is 0 Å². The summed E-state index contributed by atoms with van der Waals surface area (Å²) in [6.45, 7) is 1.92. The molecule has 16 heavy (non-hydrogen) atoms. The van der Waals surface area contributed by atoms with Crippen LogP contribution in [-0.2, 0) is 0 Å². The van der Waals surface area contributed by atoms with Crippen LogP contribution in [0.2, 0.25) is 0 Å². The van der Waals surface area contributed by atoms with Crippen LogP contribution >= 0.6 is 0 Å². The molecular formula is C12H14N4. The third-order valence-corrected chi connectivity index (χ3v) is 2.66. The Morgan fingerprint density at radius 3 is 2.94 bits per heavy atom. The van der Waals surface area contributed by atoms with Crippen LogP contribution in [0.4, 0.5) is 5.82 Å². The summed E-state index contributed by atoms with van der Waals surface area (Å²) in [5.74, 6) is 1.74. The Bertz CT molecular complexity index is 486. The zero-order valence-corrected chi connectivity index (χ0v) is 9.20. The zero-order valence-electron chi connectivity index (χ0n) is 9.20. The molecule has 2 heterocycles. The van der Waals surface area contributed by atoms with E-state index in [1.54, 1.807) is 0 Å². The number of anilines is 1. The minimum Gasteiger partial charge on any atom is -0.367 e. The summed E-state index contributed by atoms with van der Waals surface area (Å²) in [7, 11) is 0. The fraction of sp³-hybridized carbons (Fsp3) is 0.333. The molecule has 0 unspecified atom stereocenters. The molecule has 1 fully saturated rings. The monoisotopic (exact) mass is 214 g/mol. The molecule has 1 aliphatic carbocycles. The molecule has 0 aromatic carbocycles. The van der Waals surface area contributed by atoms with Crippen molar-refractivity contribution in [3.05, 3.63) is 30.4 Å². The normalized spacial score (nSPS) is 15.1. The van der Waals surface area contributed by atoms with E-state index < -0.39 is 0 Å². The topological polar surface area (TPSA) is 53.6 Å². The summed E-state index contributed by atoms with van der Waals surface area (Å²) in [5, 5.41) is 3.40. The van der Waals surface area contributed by atoms with Crippen LogP contribution < -0.4 is 5.32 Å². The maximum atomic E-state index is 4.43. The van der Waals surface area contributed by atoms with Gasteiger partial charge in [-0.05, 0) is 25.8 Å². The molecule has 3 rings (SSSR count). The highest BCUT2D eigenvalue weighted by molar-refractivity contribution is 5.61. The van der Waals surface area contributed by atoms with Gasteiger partial charge in [-0.2, -0.15) is 0 Å². The van der Waals surface area contributed by atoms with E-state index in [0.717, 1.165) is 22.9 Å². The lowest BCUT2D eigenvalue weighted by Gasteiger charge is -2.06. The van der Waals surface area contributed by atoms with Gasteiger partial charge in [0.15, 0.2) is 0 Å². The first-order valence-corrected chi connectivity index (χ1v) is 5.56. The van der Waals surface area contributed by atoms with Gasteiger partial charge in [0, 0.05) is 30.1 Å². The quantitative estimate of drug-likeness (QED) is 0.824. The van der Waals surface area contributed by atoms with Crippen molar-refractivity contribution in [2.75, 3.05) is 5.32 Å². The molecule has 1 aliphatic rings. The largest absolute Gasteiger partial charge is 0.367 e. The van der Waals surface area contributed by atoms with Crippen LogP contribution in [0, 0.1) is 6.92 Å². The molecule has 2 aromatic rings. The molecule has 0 amide bonds. The van der Waals surface area contributed by atoms with Gasteiger partial charge in [-0.25, -0.2) is 9.97 Å². The van der Waals surface area contributed by atoms with Gasteiger partial charge < -0.3 is 10.3 Å². The highest BCUT2D eigenvalue weighted by Crippen LogP contribution is 2.25. The predicted octanol–water partition coefficient (Wildman–Crippen LogP) is 2.35. The van der Waals surface area contributed by atoms with Crippen molar-refractivity contribution in [2.45, 2.75) is 25.8 Å². The molecule has 1 saturated carbocycles. The van der Waals surface area contributed by atoms with Crippen molar-refractivity contribution in [1.82, 2.24) is 15.0 Å². The third kappa shape index (κ3) is 1.91. The predicted molar refractivity (Wildman–Crippen MR) is 63.2 cm³/mol. The van der Waals surface area contributed by atoms with Crippen LogP contribution in [0.25, 0.3) is 11.3 Å². The molecule has 0 radical (unpaired) electrons. The van der Waals surface area contributed by atoms with Crippen molar-refractivity contribution in [1.29, 1.82) is 0 Å². The van der Waals surface area contributed by atoms with E-state index in [9.17, 15) is 0 Å². The Hall–Kier alpha value is -1.84. The molecule has 4 nitrogen and oxygen atoms in total. The highest BCUT2D eigenvalue weighted by Gasteiger charge is 2.21. The number of rotatable bonds is 3. The number of nitrogens with one attached hydrogen (secondary N) is 2. The van der Waals surface area contributed by atoms with Crippen LogP contribution in [0.3, 0.4) is 0 Å². The lowest BCUT2D eigenvalue weighted by Crippen LogP contribution is -2.05. The summed E-state index contributed by atoms with van der Waals surface area (Å²) in [5.41, 5.74) is 2.07. The van der Waals surface area contributed by atoms with Crippen LogP contribution in [-0.4, -0.2) is 21.0 Å². The van der Waals surface area contributed by atoms with E-state index in [2.05, 4.69) is 20.3 Å². The molecule has 0 saturated heterocycles. The Morgan fingerprint density at radius 1 is 1.38 bits per heavy atom. The minimum absolute atomic E-state index is 0.619. The molecule has 0 bridgehead atoms. The third-order valence-electron chi connectivity index (χ3n) is 2.66. The SMILES string of the molecule is Cc1nc(NC2CC2)cc(-c2cc[nH]c2)n1. The lowest BCUT2D eigenvalue weighted by atomic mass is 10.2. The second-order valence-corrected chi connectivity index (χ2v) is 4.20. The maximum absolute atomic E-state index is 4.43. The zero-order chi connectivity index (χ0) is 11.0. The molecule has 0 atom stereocenters.